The summed E-state index contributed by atoms with van der Waals surface area (Å²) in [4.78, 5) is 7.74. The minimum Gasteiger partial charge on any atom is -0.243 e. The monoisotopic (exact) mass is 182 g/mol. The van der Waals surface area contributed by atoms with Gasteiger partial charge in [0.15, 0.2) is 9.84 Å². The second-order valence-electron chi connectivity index (χ2n) is 2.46. The average molecular weight is 182 g/mol. The first-order valence-electron chi connectivity index (χ1n) is 3.39. The molecule has 1 aromatic heterocycles. The Balaban J connectivity index is 2.77. The van der Waals surface area contributed by atoms with Gasteiger partial charge in [-0.3, -0.25) is 0 Å². The minimum atomic E-state index is -3.15. The van der Waals surface area contributed by atoms with E-state index in [9.17, 15) is 8.42 Å². The van der Waals surface area contributed by atoms with E-state index in [0.717, 1.165) is 0 Å². The normalized spacial score (nSPS) is 18.7. The van der Waals surface area contributed by atoms with Crippen LogP contribution in [0.2, 0.25) is 0 Å². The molecule has 0 amide bonds. The smallest absolute Gasteiger partial charge is 0.185 e. The number of hydrogen-bond acceptors (Lipinski definition) is 4. The molecule has 0 bridgehead atoms. The summed E-state index contributed by atoms with van der Waals surface area (Å²) in [7, 11) is -3.15. The van der Waals surface area contributed by atoms with E-state index in [1.807, 2.05) is 0 Å². The molecule has 1 aromatic rings. The van der Waals surface area contributed by atoms with Gasteiger partial charge in [0.1, 0.15) is 11.2 Å². The molecule has 0 radical (unpaired) electrons. The predicted octanol–water partition coefficient (Wildman–Crippen LogP) is 0.277. The van der Waals surface area contributed by atoms with E-state index < -0.39 is 9.84 Å². The Labute approximate surface area is 69.9 Å². The van der Waals surface area contributed by atoms with Gasteiger partial charge in [-0.15, -0.1) is 0 Å². The van der Waals surface area contributed by atoms with Crippen LogP contribution in [0.25, 0.3) is 6.08 Å². The third-order valence-corrected chi connectivity index (χ3v) is 3.25. The van der Waals surface area contributed by atoms with Gasteiger partial charge in [0, 0.05) is 6.20 Å². The lowest BCUT2D eigenvalue weighted by atomic mass is 10.3. The van der Waals surface area contributed by atoms with E-state index in [4.69, 9.17) is 0 Å². The Kier molecular flexibility index (Phi) is 1.47. The lowest BCUT2D eigenvalue weighted by molar-refractivity contribution is 0.597. The maximum Gasteiger partial charge on any atom is 0.185 e. The Hall–Kier alpha value is -1.23. The first-order valence-corrected chi connectivity index (χ1v) is 5.05. The van der Waals surface area contributed by atoms with Crippen LogP contribution >= 0.6 is 0 Å². The second-order valence-corrected chi connectivity index (χ2v) is 4.46. The number of nitrogens with zero attached hydrogens (tertiary/aromatic N) is 2. The Morgan fingerprint density at radius 3 is 3.00 bits per heavy atom. The van der Waals surface area contributed by atoms with Crippen LogP contribution in [0, 0.1) is 0 Å². The largest absolute Gasteiger partial charge is 0.243 e. The topological polar surface area (TPSA) is 59.9 Å². The van der Waals surface area contributed by atoms with Crippen molar-refractivity contribution in [3.05, 3.63) is 24.3 Å². The molecule has 0 unspecified atom stereocenters. The summed E-state index contributed by atoms with van der Waals surface area (Å²) in [5, 5.41) is 0. The van der Waals surface area contributed by atoms with Crippen molar-refractivity contribution in [1.29, 1.82) is 0 Å². The molecule has 0 N–H and O–H groups in total. The van der Waals surface area contributed by atoms with Gasteiger partial charge in [0.25, 0.3) is 0 Å². The van der Waals surface area contributed by atoms with E-state index in [1.54, 1.807) is 12.2 Å². The molecule has 0 fully saturated rings. The van der Waals surface area contributed by atoms with Gasteiger partial charge in [0.2, 0.25) is 0 Å². The maximum atomic E-state index is 11.3. The van der Waals surface area contributed by atoms with Crippen molar-refractivity contribution in [1.82, 2.24) is 9.97 Å². The molecule has 5 heteroatoms. The quantitative estimate of drug-likeness (QED) is 0.578. The van der Waals surface area contributed by atoms with Gasteiger partial charge in [-0.05, 0) is 6.08 Å². The van der Waals surface area contributed by atoms with E-state index >= 15 is 0 Å². The molecular formula is C7H6N2O2S. The summed E-state index contributed by atoms with van der Waals surface area (Å²) < 4.78 is 22.7. The molecule has 0 saturated carbocycles. The van der Waals surface area contributed by atoms with Crippen LogP contribution in [0.5, 0.6) is 0 Å². The summed E-state index contributed by atoms with van der Waals surface area (Å²) in [6.07, 6.45) is 5.95. The van der Waals surface area contributed by atoms with Gasteiger partial charge in [-0.2, -0.15) is 0 Å². The highest BCUT2D eigenvalue weighted by molar-refractivity contribution is 7.91. The third kappa shape index (κ3) is 1.02. The third-order valence-electron chi connectivity index (χ3n) is 1.63. The zero-order chi connectivity index (χ0) is 8.60. The molecule has 1 aliphatic rings. The van der Waals surface area contributed by atoms with E-state index in [1.165, 1.54) is 12.5 Å². The first kappa shape index (κ1) is 7.42. The van der Waals surface area contributed by atoms with Crippen LogP contribution in [0.1, 0.15) is 5.69 Å². The minimum absolute atomic E-state index is 0.0490. The van der Waals surface area contributed by atoms with Gasteiger partial charge in [0.05, 0.1) is 11.4 Å². The molecule has 62 valence electrons. The highest BCUT2D eigenvalue weighted by Crippen LogP contribution is 2.19. The van der Waals surface area contributed by atoms with Crippen molar-refractivity contribution in [2.24, 2.45) is 0 Å². The highest BCUT2D eigenvalue weighted by atomic mass is 32.2. The number of fused-ring (bicyclic) bond motifs is 1. The van der Waals surface area contributed by atoms with Crippen molar-refractivity contribution in [2.45, 2.75) is 4.90 Å². The van der Waals surface area contributed by atoms with Crippen molar-refractivity contribution >= 4 is 15.9 Å². The summed E-state index contributed by atoms with van der Waals surface area (Å²) in [6.45, 7) is 0. The number of aromatic nitrogens is 2. The van der Waals surface area contributed by atoms with E-state index in [-0.39, 0.29) is 10.6 Å². The zero-order valence-corrected chi connectivity index (χ0v) is 6.95. The molecule has 1 aliphatic heterocycles. The van der Waals surface area contributed by atoms with Crippen molar-refractivity contribution in [3.8, 4) is 0 Å². The van der Waals surface area contributed by atoms with Crippen LogP contribution in [0.3, 0.4) is 0 Å². The van der Waals surface area contributed by atoms with Crippen LogP contribution in [-0.2, 0) is 9.84 Å². The van der Waals surface area contributed by atoms with Crippen LogP contribution in [0.4, 0.5) is 0 Å². The van der Waals surface area contributed by atoms with Crippen molar-refractivity contribution in [3.63, 3.8) is 0 Å². The molecule has 2 rings (SSSR count). The summed E-state index contributed by atoms with van der Waals surface area (Å²) in [5.41, 5.74) is 0.483. The van der Waals surface area contributed by atoms with Gasteiger partial charge < -0.3 is 0 Å². The molecule has 4 nitrogen and oxygen atoms in total. The fourth-order valence-electron chi connectivity index (χ4n) is 1.07. The second kappa shape index (κ2) is 2.38. The molecule has 0 spiro atoms. The Bertz CT molecular complexity index is 436. The Morgan fingerprint density at radius 1 is 1.42 bits per heavy atom. The summed E-state index contributed by atoms with van der Waals surface area (Å²) in [5.74, 6) is 0.0490. The molecule has 2 heterocycles. The summed E-state index contributed by atoms with van der Waals surface area (Å²) >= 11 is 0. The van der Waals surface area contributed by atoms with Crippen LogP contribution in [0.15, 0.2) is 23.5 Å². The number of hydrogen-bond donors (Lipinski definition) is 0. The van der Waals surface area contributed by atoms with Crippen molar-refractivity contribution < 1.29 is 8.42 Å². The Morgan fingerprint density at radius 2 is 2.25 bits per heavy atom. The van der Waals surface area contributed by atoms with Gasteiger partial charge in [-0.25, -0.2) is 18.4 Å². The van der Waals surface area contributed by atoms with Crippen molar-refractivity contribution in [2.75, 3.05) is 5.75 Å². The highest BCUT2D eigenvalue weighted by Gasteiger charge is 2.20. The SMILES string of the molecule is O=S1(=O)CC=Cc2ncncc21. The predicted molar refractivity (Wildman–Crippen MR) is 43.1 cm³/mol. The number of rotatable bonds is 0. The average Bonchev–Trinajstić information content (AvgIpc) is 2.04. The van der Waals surface area contributed by atoms with Gasteiger partial charge in [-0.1, -0.05) is 6.08 Å². The first-order chi connectivity index (χ1) is 5.70. The molecule has 0 saturated heterocycles. The molecule has 0 aliphatic carbocycles. The fourth-order valence-corrected chi connectivity index (χ4v) is 2.26. The lowest BCUT2D eigenvalue weighted by Gasteiger charge is -2.07. The van der Waals surface area contributed by atoms with E-state index in [0.29, 0.717) is 5.69 Å². The molecule has 12 heavy (non-hydrogen) atoms. The fraction of sp³-hybridized carbons (Fsp3) is 0.143. The number of sulfone groups is 1. The van der Waals surface area contributed by atoms with Gasteiger partial charge >= 0.3 is 0 Å². The molecule has 0 atom stereocenters. The summed E-state index contributed by atoms with van der Waals surface area (Å²) in [6, 6.07) is 0. The zero-order valence-electron chi connectivity index (χ0n) is 6.14. The molecule has 0 aromatic carbocycles. The standard InChI is InChI=1S/C7H6N2O2S/c10-12(11)3-1-2-6-7(12)4-8-5-9-6/h1-2,4-5H,3H2. The molecular weight excluding hydrogens is 176 g/mol. The van der Waals surface area contributed by atoms with Crippen LogP contribution in [-0.4, -0.2) is 24.1 Å². The van der Waals surface area contributed by atoms with E-state index in [2.05, 4.69) is 9.97 Å². The lowest BCUT2D eigenvalue weighted by Crippen LogP contribution is -2.11. The van der Waals surface area contributed by atoms with Crippen LogP contribution < -0.4 is 0 Å². The maximum absolute atomic E-state index is 11.3.